The maximum Gasteiger partial charge on any atom is 0.277 e. The number of carbonyl (C=O) groups is 1. The lowest BCUT2D eigenvalue weighted by Gasteiger charge is -2.25. The van der Waals surface area contributed by atoms with Crippen LogP contribution in [0.1, 0.15) is 36.1 Å². The Labute approximate surface area is 123 Å². The Hall–Kier alpha value is -1.82. The molecule has 0 aliphatic heterocycles. The number of aryl methyl sites for hydroxylation is 1. The molecule has 2 N–H and O–H groups in total. The molecule has 0 radical (unpaired) electrons. The largest absolute Gasteiger partial charge is 0.396 e. The normalized spacial score (nSPS) is 11.0. The summed E-state index contributed by atoms with van der Waals surface area (Å²) < 4.78 is 1.69. The molecule has 0 saturated heterocycles. The third kappa shape index (κ3) is 3.01. The molecule has 20 heavy (non-hydrogen) atoms. The first kappa shape index (κ1) is 14.6. The summed E-state index contributed by atoms with van der Waals surface area (Å²) in [7, 11) is 0. The van der Waals surface area contributed by atoms with Crippen LogP contribution < -0.4 is 5.73 Å². The van der Waals surface area contributed by atoms with Crippen molar-refractivity contribution in [3.63, 3.8) is 0 Å². The fourth-order valence-electron chi connectivity index (χ4n) is 1.96. The number of nitrogens with two attached hydrogens (primary N) is 1. The molecule has 0 aliphatic carbocycles. The molecular weight excluding hydrogens is 272 g/mol. The Bertz CT molecular complexity index is 574. The minimum atomic E-state index is -0.113. The number of anilines is 1. The van der Waals surface area contributed by atoms with Crippen molar-refractivity contribution < 1.29 is 4.79 Å². The number of hydrogen-bond donors (Lipinski definition) is 1. The second-order valence-corrected chi connectivity index (χ2v) is 5.93. The lowest BCUT2D eigenvalue weighted by atomic mass is 10.2. The molecule has 0 aromatic carbocycles. The van der Waals surface area contributed by atoms with Gasteiger partial charge in [0.15, 0.2) is 5.69 Å². The highest BCUT2D eigenvalue weighted by Gasteiger charge is 2.24. The van der Waals surface area contributed by atoms with E-state index < -0.39 is 0 Å². The lowest BCUT2D eigenvalue weighted by Crippen LogP contribution is -2.36. The number of amides is 1. The van der Waals surface area contributed by atoms with Gasteiger partial charge in [0.05, 0.1) is 12.2 Å². The van der Waals surface area contributed by atoms with Crippen molar-refractivity contribution in [1.82, 2.24) is 14.7 Å². The van der Waals surface area contributed by atoms with Gasteiger partial charge in [0.25, 0.3) is 5.91 Å². The Kier molecular flexibility index (Phi) is 4.44. The van der Waals surface area contributed by atoms with E-state index >= 15 is 0 Å². The van der Waals surface area contributed by atoms with Crippen LogP contribution in [0.5, 0.6) is 0 Å². The molecular formula is C14H20N4OS. The number of rotatable bonds is 5. The maximum atomic E-state index is 12.6. The van der Waals surface area contributed by atoms with E-state index in [1.54, 1.807) is 27.1 Å². The number of nitrogen functional groups attached to an aromatic ring is 1. The summed E-state index contributed by atoms with van der Waals surface area (Å²) in [5.41, 5.74) is 6.68. The maximum absolute atomic E-state index is 12.6. The molecule has 0 aliphatic rings. The van der Waals surface area contributed by atoms with Gasteiger partial charge in [0, 0.05) is 23.7 Å². The highest BCUT2D eigenvalue weighted by atomic mass is 32.1. The minimum Gasteiger partial charge on any atom is -0.396 e. The first-order valence-corrected chi connectivity index (χ1v) is 7.57. The van der Waals surface area contributed by atoms with Crippen LogP contribution in [0.25, 0.3) is 0 Å². The summed E-state index contributed by atoms with van der Waals surface area (Å²) in [5, 5.41) is 6.28. The molecule has 2 heterocycles. The van der Waals surface area contributed by atoms with Crippen LogP contribution in [0.3, 0.4) is 0 Å². The van der Waals surface area contributed by atoms with Gasteiger partial charge in [0.1, 0.15) is 0 Å². The fourth-order valence-corrected chi connectivity index (χ4v) is 2.66. The van der Waals surface area contributed by atoms with E-state index in [-0.39, 0.29) is 11.9 Å². The molecule has 0 unspecified atom stereocenters. The van der Waals surface area contributed by atoms with Gasteiger partial charge in [-0.05, 0) is 32.2 Å². The standard InChI is InChI=1S/C14H20N4OS/c1-4-17-9-12(15)13(16-17)14(19)18(10(2)3)8-11-6-5-7-20-11/h5-7,9-10H,4,8,15H2,1-3H3. The van der Waals surface area contributed by atoms with Gasteiger partial charge >= 0.3 is 0 Å². The van der Waals surface area contributed by atoms with Crippen LogP contribution in [0.15, 0.2) is 23.7 Å². The topological polar surface area (TPSA) is 64.2 Å². The van der Waals surface area contributed by atoms with E-state index in [4.69, 9.17) is 5.73 Å². The summed E-state index contributed by atoms with van der Waals surface area (Å²) in [6, 6.07) is 4.11. The Morgan fingerprint density at radius 3 is 2.80 bits per heavy atom. The third-order valence-corrected chi connectivity index (χ3v) is 3.97. The van der Waals surface area contributed by atoms with Gasteiger partial charge in [0.2, 0.25) is 0 Å². The second-order valence-electron chi connectivity index (χ2n) is 4.89. The number of aromatic nitrogens is 2. The average Bonchev–Trinajstić information content (AvgIpc) is 3.04. The van der Waals surface area contributed by atoms with Crippen molar-refractivity contribution in [2.45, 2.75) is 39.9 Å². The Morgan fingerprint density at radius 1 is 1.55 bits per heavy atom. The van der Waals surface area contributed by atoms with E-state index in [0.717, 1.165) is 4.88 Å². The van der Waals surface area contributed by atoms with Crippen molar-refractivity contribution in [3.8, 4) is 0 Å². The number of nitrogens with zero attached hydrogens (tertiary/aromatic N) is 3. The van der Waals surface area contributed by atoms with Gasteiger partial charge in [-0.1, -0.05) is 6.07 Å². The highest BCUT2D eigenvalue weighted by Crippen LogP contribution is 2.19. The first-order valence-electron chi connectivity index (χ1n) is 6.69. The van der Waals surface area contributed by atoms with E-state index in [9.17, 15) is 4.79 Å². The summed E-state index contributed by atoms with van der Waals surface area (Å²) in [6.45, 7) is 7.25. The first-order chi connectivity index (χ1) is 9.52. The third-order valence-electron chi connectivity index (χ3n) is 3.11. The van der Waals surface area contributed by atoms with Gasteiger partial charge in [-0.3, -0.25) is 9.48 Å². The predicted octanol–water partition coefficient (Wildman–Crippen LogP) is 2.60. The number of hydrogen-bond acceptors (Lipinski definition) is 4. The van der Waals surface area contributed by atoms with Crippen LogP contribution in [-0.4, -0.2) is 26.6 Å². The quantitative estimate of drug-likeness (QED) is 0.921. The molecule has 1 amide bonds. The molecule has 2 aromatic rings. The summed E-state index contributed by atoms with van der Waals surface area (Å²) in [4.78, 5) is 15.6. The predicted molar refractivity (Wildman–Crippen MR) is 81.6 cm³/mol. The zero-order valence-corrected chi connectivity index (χ0v) is 12.9. The van der Waals surface area contributed by atoms with Crippen LogP contribution in [0.2, 0.25) is 0 Å². The number of thiophene rings is 1. The Balaban J connectivity index is 2.24. The van der Waals surface area contributed by atoms with Crippen LogP contribution >= 0.6 is 11.3 Å². The van der Waals surface area contributed by atoms with E-state index in [1.807, 2.05) is 38.3 Å². The van der Waals surface area contributed by atoms with E-state index in [2.05, 4.69) is 5.10 Å². The molecule has 108 valence electrons. The highest BCUT2D eigenvalue weighted by molar-refractivity contribution is 7.09. The molecule has 0 fully saturated rings. The molecule has 2 rings (SSSR count). The van der Waals surface area contributed by atoms with Crippen molar-refractivity contribution in [2.24, 2.45) is 0 Å². The van der Waals surface area contributed by atoms with Crippen molar-refractivity contribution >= 4 is 22.9 Å². The molecule has 0 spiro atoms. The monoisotopic (exact) mass is 292 g/mol. The summed E-state index contributed by atoms with van der Waals surface area (Å²) >= 11 is 1.64. The Morgan fingerprint density at radius 2 is 2.30 bits per heavy atom. The van der Waals surface area contributed by atoms with Gasteiger partial charge in [-0.15, -0.1) is 11.3 Å². The van der Waals surface area contributed by atoms with Crippen LogP contribution in [0, 0.1) is 0 Å². The summed E-state index contributed by atoms with van der Waals surface area (Å²) in [5.74, 6) is -0.113. The molecule has 0 bridgehead atoms. The smallest absolute Gasteiger partial charge is 0.277 e. The van der Waals surface area contributed by atoms with Crippen LogP contribution in [-0.2, 0) is 13.1 Å². The SMILES string of the molecule is CCn1cc(N)c(C(=O)N(Cc2cccs2)C(C)C)n1. The second kappa shape index (κ2) is 6.09. The number of carbonyl (C=O) groups excluding carboxylic acids is 1. The van der Waals surface area contributed by atoms with Crippen molar-refractivity contribution in [2.75, 3.05) is 5.73 Å². The van der Waals surface area contributed by atoms with Gasteiger partial charge < -0.3 is 10.6 Å². The van der Waals surface area contributed by atoms with Crippen LogP contribution in [0.4, 0.5) is 5.69 Å². The molecule has 5 nitrogen and oxygen atoms in total. The van der Waals surface area contributed by atoms with Crippen molar-refractivity contribution in [3.05, 3.63) is 34.3 Å². The van der Waals surface area contributed by atoms with E-state index in [1.165, 1.54) is 0 Å². The summed E-state index contributed by atoms with van der Waals surface area (Å²) in [6.07, 6.45) is 1.71. The average molecular weight is 292 g/mol. The van der Waals surface area contributed by atoms with Crippen molar-refractivity contribution in [1.29, 1.82) is 0 Å². The van der Waals surface area contributed by atoms with Gasteiger partial charge in [-0.25, -0.2) is 0 Å². The molecule has 0 atom stereocenters. The molecule has 6 heteroatoms. The molecule has 2 aromatic heterocycles. The molecule has 0 saturated carbocycles. The fraction of sp³-hybridized carbons (Fsp3) is 0.429. The zero-order chi connectivity index (χ0) is 14.7. The lowest BCUT2D eigenvalue weighted by molar-refractivity contribution is 0.0686. The van der Waals surface area contributed by atoms with E-state index in [0.29, 0.717) is 24.5 Å². The zero-order valence-electron chi connectivity index (χ0n) is 12.0. The van der Waals surface area contributed by atoms with Gasteiger partial charge in [-0.2, -0.15) is 5.10 Å². The minimum absolute atomic E-state index is 0.0933.